The van der Waals surface area contributed by atoms with Crippen LogP contribution in [0.3, 0.4) is 0 Å². The van der Waals surface area contributed by atoms with Crippen LogP contribution in [0.5, 0.6) is 0 Å². The van der Waals surface area contributed by atoms with Crippen LogP contribution in [0.15, 0.2) is 42.9 Å². The van der Waals surface area contributed by atoms with Gasteiger partial charge in [-0.2, -0.15) is 9.94 Å². The molecule has 33 heavy (non-hydrogen) atoms. The lowest BCUT2D eigenvalue weighted by atomic mass is 9.93. The number of benzene rings is 1. The van der Waals surface area contributed by atoms with E-state index in [1.807, 2.05) is 23.1 Å². The molecule has 1 unspecified atom stereocenters. The highest BCUT2D eigenvalue weighted by atomic mass is 16.5. The molecule has 0 spiro atoms. The number of rotatable bonds is 5. The van der Waals surface area contributed by atoms with Crippen molar-refractivity contribution in [1.29, 1.82) is 5.26 Å². The molecule has 2 aliphatic heterocycles. The molecule has 0 radical (unpaired) electrons. The third-order valence-corrected chi connectivity index (χ3v) is 6.25. The Morgan fingerprint density at radius 3 is 2.79 bits per heavy atom. The predicted octanol–water partition coefficient (Wildman–Crippen LogP) is 0.930. The minimum atomic E-state index is -0.0333. The van der Waals surface area contributed by atoms with E-state index in [4.69, 9.17) is 4.74 Å². The first-order chi connectivity index (χ1) is 16.2. The molecule has 0 N–H and O–H groups in total. The molecule has 5 rings (SSSR count). The molecule has 10 nitrogen and oxygen atoms in total. The Balaban J connectivity index is 1.14. The monoisotopic (exact) mass is 444 g/mol. The Hall–Kier alpha value is -3.68. The number of ether oxygens (including phenoxy) is 1. The van der Waals surface area contributed by atoms with Crippen LogP contribution >= 0.6 is 0 Å². The second-order valence-corrected chi connectivity index (χ2v) is 8.23. The highest BCUT2D eigenvalue weighted by Crippen LogP contribution is 2.30. The molecule has 168 valence electrons. The first kappa shape index (κ1) is 21.2. The molecule has 4 heterocycles. The molecule has 10 heteroatoms. The lowest BCUT2D eigenvalue weighted by molar-refractivity contribution is -0.132. The molecule has 0 bridgehead atoms. The van der Waals surface area contributed by atoms with Gasteiger partial charge >= 0.3 is 0 Å². The maximum Gasteiger partial charge on any atom is 0.227 e. The van der Waals surface area contributed by atoms with Gasteiger partial charge < -0.3 is 9.64 Å². The van der Waals surface area contributed by atoms with Crippen LogP contribution in [0.1, 0.15) is 28.4 Å². The van der Waals surface area contributed by atoms with Gasteiger partial charge in [-0.25, -0.2) is 4.98 Å². The minimum Gasteiger partial charge on any atom is -0.372 e. The van der Waals surface area contributed by atoms with Crippen LogP contribution in [0.4, 0.5) is 0 Å². The smallest absolute Gasteiger partial charge is 0.227 e. The van der Waals surface area contributed by atoms with E-state index in [1.165, 1.54) is 11.0 Å². The third kappa shape index (κ3) is 4.60. The predicted molar refractivity (Wildman–Crippen MR) is 117 cm³/mol. The molecule has 1 amide bonds. The number of nitrogens with zero attached hydrogens (tertiary/aromatic N) is 8. The summed E-state index contributed by atoms with van der Waals surface area (Å²) < 4.78 is 7.52. The van der Waals surface area contributed by atoms with Gasteiger partial charge in [-0.05, 0) is 45.7 Å². The van der Waals surface area contributed by atoms with Crippen LogP contribution < -0.4 is 0 Å². The summed E-state index contributed by atoms with van der Waals surface area (Å²) in [4.78, 5) is 21.4. The molecule has 0 aliphatic carbocycles. The summed E-state index contributed by atoms with van der Waals surface area (Å²) in [5.41, 5.74) is 3.85. The van der Waals surface area contributed by atoms with Gasteiger partial charge in [0.1, 0.15) is 6.33 Å². The molecule has 1 atom stereocenters. The van der Waals surface area contributed by atoms with Crippen LogP contribution in [-0.4, -0.2) is 80.2 Å². The summed E-state index contributed by atoms with van der Waals surface area (Å²) in [5.74, 6) is 0.711. The molecule has 3 aromatic rings. The van der Waals surface area contributed by atoms with Gasteiger partial charge in [-0.3, -0.25) is 9.69 Å². The average molecular weight is 444 g/mol. The summed E-state index contributed by atoms with van der Waals surface area (Å²) in [6.45, 7) is 4.38. The Kier molecular flexibility index (Phi) is 6.06. The van der Waals surface area contributed by atoms with E-state index >= 15 is 0 Å². The second kappa shape index (κ2) is 9.44. The van der Waals surface area contributed by atoms with Gasteiger partial charge in [-0.1, -0.05) is 18.2 Å². The lowest BCUT2D eigenvalue weighted by Gasteiger charge is -2.37. The number of piperazine rings is 1. The summed E-state index contributed by atoms with van der Waals surface area (Å²) >= 11 is 0. The fraction of sp³-hybridized carbons (Fsp3) is 0.391. The molecule has 1 saturated heterocycles. The van der Waals surface area contributed by atoms with E-state index in [9.17, 15) is 10.1 Å². The molecule has 1 aromatic carbocycles. The van der Waals surface area contributed by atoms with E-state index in [1.54, 1.807) is 12.3 Å². The van der Waals surface area contributed by atoms with Crippen molar-refractivity contribution in [3.05, 3.63) is 65.1 Å². The van der Waals surface area contributed by atoms with Crippen molar-refractivity contribution in [3.8, 4) is 11.9 Å². The van der Waals surface area contributed by atoms with Gasteiger partial charge in [0.25, 0.3) is 0 Å². The summed E-state index contributed by atoms with van der Waals surface area (Å²) in [6.07, 6.45) is 4.24. The maximum absolute atomic E-state index is 12.8. The summed E-state index contributed by atoms with van der Waals surface area (Å²) in [6, 6.07) is 11.9. The molecule has 2 aliphatic rings. The Labute approximate surface area is 191 Å². The fourth-order valence-corrected chi connectivity index (χ4v) is 4.46. The van der Waals surface area contributed by atoms with Gasteiger partial charge in [-0.15, -0.1) is 5.10 Å². The highest BCUT2D eigenvalue weighted by molar-refractivity contribution is 5.78. The van der Waals surface area contributed by atoms with Crippen molar-refractivity contribution >= 4 is 5.91 Å². The number of tetrazole rings is 1. The summed E-state index contributed by atoms with van der Waals surface area (Å²) in [5, 5.41) is 20.4. The first-order valence-corrected chi connectivity index (χ1v) is 11.0. The van der Waals surface area contributed by atoms with Crippen LogP contribution in [0, 0.1) is 11.3 Å². The Bertz CT molecular complexity index is 1150. The number of fused-ring (bicyclic) bond motifs is 1. The standard InChI is InChI=1S/C23H24N8O2/c24-13-18-2-1-3-20-19(18)6-11-33-21(20)15-29-7-9-30(10-8-29)23(32)12-17-4-5-22(25-14-17)31-16-26-27-28-31/h1-5,14,16,21H,6-12,15H2. The third-order valence-electron chi connectivity index (χ3n) is 6.25. The van der Waals surface area contributed by atoms with Crippen molar-refractivity contribution in [3.63, 3.8) is 0 Å². The zero-order valence-corrected chi connectivity index (χ0v) is 18.2. The largest absolute Gasteiger partial charge is 0.372 e. The van der Waals surface area contributed by atoms with E-state index < -0.39 is 0 Å². The number of carbonyl (C=O) groups excluding carboxylic acids is 1. The number of hydrogen-bond acceptors (Lipinski definition) is 8. The van der Waals surface area contributed by atoms with Gasteiger partial charge in [0, 0.05) is 38.9 Å². The van der Waals surface area contributed by atoms with E-state index in [-0.39, 0.29) is 12.0 Å². The van der Waals surface area contributed by atoms with Crippen LogP contribution in [0.25, 0.3) is 5.82 Å². The van der Waals surface area contributed by atoms with Crippen LogP contribution in [-0.2, 0) is 22.4 Å². The van der Waals surface area contributed by atoms with E-state index in [0.29, 0.717) is 31.9 Å². The fourth-order valence-electron chi connectivity index (χ4n) is 4.46. The normalized spacial score (nSPS) is 18.5. The van der Waals surface area contributed by atoms with Gasteiger partial charge in [0.05, 0.1) is 30.8 Å². The number of aromatic nitrogens is 5. The maximum atomic E-state index is 12.8. The quantitative estimate of drug-likeness (QED) is 0.571. The molecular weight excluding hydrogens is 420 g/mol. The van der Waals surface area contributed by atoms with Crippen LogP contribution in [0.2, 0.25) is 0 Å². The average Bonchev–Trinajstić information content (AvgIpc) is 3.40. The second-order valence-electron chi connectivity index (χ2n) is 8.23. The van der Waals surface area contributed by atoms with E-state index in [2.05, 4.69) is 37.5 Å². The Morgan fingerprint density at radius 1 is 1.18 bits per heavy atom. The highest BCUT2D eigenvalue weighted by Gasteiger charge is 2.27. The van der Waals surface area contributed by atoms with Gasteiger partial charge in [0.2, 0.25) is 5.91 Å². The first-order valence-electron chi connectivity index (χ1n) is 11.0. The number of nitriles is 1. The molecule has 0 saturated carbocycles. The number of amides is 1. The van der Waals surface area contributed by atoms with E-state index in [0.717, 1.165) is 48.3 Å². The minimum absolute atomic E-state index is 0.0333. The topological polar surface area (TPSA) is 113 Å². The summed E-state index contributed by atoms with van der Waals surface area (Å²) in [7, 11) is 0. The van der Waals surface area contributed by atoms with Crippen molar-refractivity contribution < 1.29 is 9.53 Å². The van der Waals surface area contributed by atoms with Crippen molar-refractivity contribution in [2.75, 3.05) is 39.3 Å². The van der Waals surface area contributed by atoms with Gasteiger partial charge in [0.15, 0.2) is 5.82 Å². The Morgan fingerprint density at radius 2 is 2.06 bits per heavy atom. The van der Waals surface area contributed by atoms with Crippen molar-refractivity contribution in [1.82, 2.24) is 35.0 Å². The number of hydrogen-bond donors (Lipinski definition) is 0. The number of pyridine rings is 1. The van der Waals surface area contributed by atoms with Crippen molar-refractivity contribution in [2.24, 2.45) is 0 Å². The molecule has 1 fully saturated rings. The zero-order valence-electron chi connectivity index (χ0n) is 18.2. The molecule has 2 aromatic heterocycles. The SMILES string of the molecule is N#Cc1cccc2c1CCOC2CN1CCN(C(=O)Cc2ccc(-n3cnnn3)nc2)CC1. The van der Waals surface area contributed by atoms with Crippen molar-refractivity contribution in [2.45, 2.75) is 18.9 Å². The number of carbonyl (C=O) groups is 1. The molecular formula is C23H24N8O2. The zero-order chi connectivity index (χ0) is 22.6. The lowest BCUT2D eigenvalue weighted by Crippen LogP contribution is -2.50.